The van der Waals surface area contributed by atoms with E-state index in [2.05, 4.69) is 12.2 Å². The summed E-state index contributed by atoms with van der Waals surface area (Å²) in [4.78, 5) is 0. The van der Waals surface area contributed by atoms with Crippen molar-refractivity contribution in [3.05, 3.63) is 0 Å². The van der Waals surface area contributed by atoms with Crippen molar-refractivity contribution in [1.82, 2.24) is 5.32 Å². The lowest BCUT2D eigenvalue weighted by atomic mass is 10.2. The fourth-order valence-electron chi connectivity index (χ4n) is 1.16. The molecule has 0 saturated carbocycles. The van der Waals surface area contributed by atoms with Gasteiger partial charge in [-0.15, -0.1) is 0 Å². The van der Waals surface area contributed by atoms with Gasteiger partial charge in [-0.3, -0.25) is 0 Å². The van der Waals surface area contributed by atoms with Gasteiger partial charge in [0, 0.05) is 25.9 Å². The monoisotopic (exact) mass is 189 g/mol. The molecule has 0 bridgehead atoms. The topological polar surface area (TPSA) is 30.5 Å². The van der Waals surface area contributed by atoms with Crippen LogP contribution < -0.4 is 5.32 Å². The van der Waals surface area contributed by atoms with Gasteiger partial charge in [0.2, 0.25) is 0 Å². The lowest BCUT2D eigenvalue weighted by Crippen LogP contribution is -2.34. The summed E-state index contributed by atoms with van der Waals surface area (Å²) in [6.45, 7) is 10.3. The highest BCUT2D eigenvalue weighted by Gasteiger charge is 2.05. The molecule has 0 aliphatic heterocycles. The average molecular weight is 189 g/mol. The Kier molecular flexibility index (Phi) is 9.87. The first-order valence-electron chi connectivity index (χ1n) is 5.23. The van der Waals surface area contributed by atoms with Gasteiger partial charge >= 0.3 is 0 Å². The van der Waals surface area contributed by atoms with Crippen LogP contribution in [0.1, 0.15) is 27.2 Å². The number of likely N-dealkylation sites (N-methyl/N-ethyl adjacent to an activating group) is 1. The van der Waals surface area contributed by atoms with Crippen LogP contribution in [0.2, 0.25) is 0 Å². The molecule has 0 rings (SSSR count). The zero-order valence-corrected chi connectivity index (χ0v) is 9.14. The maximum atomic E-state index is 5.36. The molecule has 3 heteroatoms. The fraction of sp³-hybridized carbons (Fsp3) is 1.00. The quantitative estimate of drug-likeness (QED) is 0.557. The van der Waals surface area contributed by atoms with Gasteiger partial charge in [0.15, 0.2) is 0 Å². The Hall–Kier alpha value is -0.120. The highest BCUT2D eigenvalue weighted by molar-refractivity contribution is 4.64. The predicted octanol–water partition coefficient (Wildman–Crippen LogP) is 1.43. The van der Waals surface area contributed by atoms with E-state index in [1.165, 1.54) is 0 Å². The second-order valence-electron chi connectivity index (χ2n) is 2.90. The van der Waals surface area contributed by atoms with Crippen LogP contribution in [0.3, 0.4) is 0 Å². The smallest absolute Gasteiger partial charge is 0.0620 e. The van der Waals surface area contributed by atoms with Gasteiger partial charge in [0.25, 0.3) is 0 Å². The molecule has 1 unspecified atom stereocenters. The van der Waals surface area contributed by atoms with Crippen molar-refractivity contribution in [1.29, 1.82) is 0 Å². The summed E-state index contributed by atoms with van der Waals surface area (Å²) in [5.41, 5.74) is 0. The van der Waals surface area contributed by atoms with Crippen LogP contribution in [-0.2, 0) is 9.47 Å². The Morgan fingerprint density at radius 2 is 1.77 bits per heavy atom. The van der Waals surface area contributed by atoms with Gasteiger partial charge in [-0.25, -0.2) is 0 Å². The Morgan fingerprint density at radius 3 is 2.31 bits per heavy atom. The second kappa shape index (κ2) is 9.96. The molecule has 0 radical (unpaired) electrons. The first-order chi connectivity index (χ1) is 6.35. The third-order valence-electron chi connectivity index (χ3n) is 1.83. The summed E-state index contributed by atoms with van der Waals surface area (Å²) in [5.74, 6) is 0. The Bertz CT molecular complexity index is 98.9. The number of rotatable bonds is 9. The molecule has 0 saturated heterocycles. The molecule has 0 heterocycles. The molecule has 80 valence electrons. The van der Waals surface area contributed by atoms with Crippen molar-refractivity contribution in [2.24, 2.45) is 0 Å². The standard InChI is InChI=1S/C10H23NO2/c1-4-11-10(9-13-6-3)7-8-12-5-2/h10-11H,4-9H2,1-3H3. The van der Waals surface area contributed by atoms with E-state index in [-0.39, 0.29) is 0 Å². The molecule has 0 aromatic rings. The summed E-state index contributed by atoms with van der Waals surface area (Å²) >= 11 is 0. The minimum absolute atomic E-state index is 0.441. The number of hydrogen-bond donors (Lipinski definition) is 1. The normalized spacial score (nSPS) is 13.2. The number of nitrogens with one attached hydrogen (secondary N) is 1. The summed E-state index contributed by atoms with van der Waals surface area (Å²) in [6, 6.07) is 0.441. The lowest BCUT2D eigenvalue weighted by molar-refractivity contribution is 0.0932. The Labute approximate surface area is 81.8 Å². The third kappa shape index (κ3) is 8.22. The van der Waals surface area contributed by atoms with Crippen LogP contribution in [0, 0.1) is 0 Å². The Morgan fingerprint density at radius 1 is 1.08 bits per heavy atom. The highest BCUT2D eigenvalue weighted by atomic mass is 16.5. The third-order valence-corrected chi connectivity index (χ3v) is 1.83. The maximum Gasteiger partial charge on any atom is 0.0620 e. The first-order valence-corrected chi connectivity index (χ1v) is 5.23. The molecule has 0 aromatic carbocycles. The summed E-state index contributed by atoms with van der Waals surface area (Å²) in [5, 5.41) is 3.37. The van der Waals surface area contributed by atoms with E-state index >= 15 is 0 Å². The molecule has 0 aliphatic carbocycles. The highest BCUT2D eigenvalue weighted by Crippen LogP contribution is 1.94. The molecular weight excluding hydrogens is 166 g/mol. The molecule has 0 aromatic heterocycles. The molecule has 3 nitrogen and oxygen atoms in total. The molecular formula is C10H23NO2. The van der Waals surface area contributed by atoms with E-state index in [9.17, 15) is 0 Å². The van der Waals surface area contributed by atoms with Crippen LogP contribution in [0.5, 0.6) is 0 Å². The van der Waals surface area contributed by atoms with E-state index in [0.717, 1.165) is 39.4 Å². The fourth-order valence-corrected chi connectivity index (χ4v) is 1.16. The van der Waals surface area contributed by atoms with Gasteiger partial charge in [-0.05, 0) is 26.8 Å². The van der Waals surface area contributed by atoms with Crippen LogP contribution in [0.4, 0.5) is 0 Å². The molecule has 1 atom stereocenters. The molecule has 13 heavy (non-hydrogen) atoms. The van der Waals surface area contributed by atoms with Crippen molar-refractivity contribution in [2.45, 2.75) is 33.2 Å². The van der Waals surface area contributed by atoms with Crippen molar-refractivity contribution in [3.8, 4) is 0 Å². The van der Waals surface area contributed by atoms with Crippen molar-refractivity contribution < 1.29 is 9.47 Å². The summed E-state index contributed by atoms with van der Waals surface area (Å²) in [7, 11) is 0. The summed E-state index contributed by atoms with van der Waals surface area (Å²) < 4.78 is 10.7. The van der Waals surface area contributed by atoms with E-state index in [4.69, 9.17) is 9.47 Å². The van der Waals surface area contributed by atoms with Crippen LogP contribution in [0.15, 0.2) is 0 Å². The first kappa shape index (κ1) is 12.9. The van der Waals surface area contributed by atoms with E-state index in [1.54, 1.807) is 0 Å². The zero-order valence-electron chi connectivity index (χ0n) is 9.14. The second-order valence-corrected chi connectivity index (χ2v) is 2.90. The maximum absolute atomic E-state index is 5.36. The minimum atomic E-state index is 0.441. The van der Waals surface area contributed by atoms with Crippen LogP contribution in [0.25, 0.3) is 0 Å². The van der Waals surface area contributed by atoms with Crippen molar-refractivity contribution >= 4 is 0 Å². The minimum Gasteiger partial charge on any atom is -0.382 e. The van der Waals surface area contributed by atoms with Gasteiger partial charge in [0.05, 0.1) is 6.61 Å². The van der Waals surface area contributed by atoms with Gasteiger partial charge in [-0.2, -0.15) is 0 Å². The molecule has 0 aliphatic rings. The number of hydrogen-bond acceptors (Lipinski definition) is 3. The average Bonchev–Trinajstić information content (AvgIpc) is 2.14. The number of ether oxygens (including phenoxy) is 2. The molecule has 0 spiro atoms. The summed E-state index contributed by atoms with van der Waals surface area (Å²) in [6.07, 6.45) is 1.03. The van der Waals surface area contributed by atoms with E-state index in [0.29, 0.717) is 6.04 Å². The van der Waals surface area contributed by atoms with Crippen LogP contribution >= 0.6 is 0 Å². The van der Waals surface area contributed by atoms with Crippen LogP contribution in [-0.4, -0.2) is 39.0 Å². The van der Waals surface area contributed by atoms with Crippen molar-refractivity contribution in [3.63, 3.8) is 0 Å². The SMILES string of the molecule is CCNC(CCOCC)COCC. The molecule has 1 N–H and O–H groups in total. The van der Waals surface area contributed by atoms with Crippen molar-refractivity contribution in [2.75, 3.05) is 33.0 Å². The predicted molar refractivity (Wildman–Crippen MR) is 55.1 cm³/mol. The molecule has 0 amide bonds. The van der Waals surface area contributed by atoms with E-state index in [1.807, 2.05) is 13.8 Å². The van der Waals surface area contributed by atoms with E-state index < -0.39 is 0 Å². The van der Waals surface area contributed by atoms with Gasteiger partial charge in [-0.1, -0.05) is 6.92 Å². The molecule has 0 fully saturated rings. The lowest BCUT2D eigenvalue weighted by Gasteiger charge is -2.17. The largest absolute Gasteiger partial charge is 0.382 e. The Balaban J connectivity index is 3.41. The van der Waals surface area contributed by atoms with Gasteiger partial charge < -0.3 is 14.8 Å². The zero-order chi connectivity index (χ0) is 9.94. The van der Waals surface area contributed by atoms with Gasteiger partial charge in [0.1, 0.15) is 0 Å².